The average molecular weight is 334 g/mol. The molecule has 0 radical (unpaired) electrons. The largest absolute Gasteiger partial charge is 0.309 e. The molecule has 0 spiro atoms. The van der Waals surface area contributed by atoms with Gasteiger partial charge in [0.25, 0.3) is 5.56 Å². The molecule has 1 aromatic rings. The Balaban J connectivity index is 3.17. The van der Waals surface area contributed by atoms with E-state index in [9.17, 15) is 4.79 Å². The molecule has 1 heterocycles. The molecule has 0 atom stereocenters. The number of rotatable bonds is 5. The summed E-state index contributed by atoms with van der Waals surface area (Å²) in [7, 11) is 0. The Labute approximate surface area is 110 Å². The highest BCUT2D eigenvalue weighted by molar-refractivity contribution is 14.1. The van der Waals surface area contributed by atoms with E-state index in [1.54, 1.807) is 0 Å². The van der Waals surface area contributed by atoms with E-state index in [2.05, 4.69) is 53.3 Å². The Kier molecular flexibility index (Phi) is 5.44. The molecule has 1 N–H and O–H groups in total. The van der Waals surface area contributed by atoms with Gasteiger partial charge in [-0.3, -0.25) is 4.79 Å². The minimum atomic E-state index is 0.0148. The van der Waals surface area contributed by atoms with Crippen molar-refractivity contribution in [1.29, 1.82) is 0 Å². The number of hydrogen-bond acceptors (Lipinski definition) is 2. The number of nitrogens with zero attached hydrogens (tertiary/aromatic N) is 1. The van der Waals surface area contributed by atoms with Crippen LogP contribution in [0.5, 0.6) is 0 Å². The second-order valence-corrected chi connectivity index (χ2v) is 5.05. The monoisotopic (exact) mass is 334 g/mol. The molecule has 0 saturated carbocycles. The minimum absolute atomic E-state index is 0.0148. The highest BCUT2D eigenvalue weighted by Crippen LogP contribution is 2.19. The van der Waals surface area contributed by atoms with Gasteiger partial charge in [0.1, 0.15) is 5.82 Å². The van der Waals surface area contributed by atoms with Crippen molar-refractivity contribution >= 4 is 22.6 Å². The van der Waals surface area contributed by atoms with E-state index in [-0.39, 0.29) is 5.56 Å². The van der Waals surface area contributed by atoms with Gasteiger partial charge in [0, 0.05) is 5.92 Å². The molecule has 1 rings (SSSR count). The fourth-order valence-corrected chi connectivity index (χ4v) is 2.32. The van der Waals surface area contributed by atoms with Crippen LogP contribution in [0.4, 0.5) is 0 Å². The van der Waals surface area contributed by atoms with Crippen LogP contribution in [0.15, 0.2) is 4.79 Å². The summed E-state index contributed by atoms with van der Waals surface area (Å²) in [5, 5.41) is 0. The van der Waals surface area contributed by atoms with Gasteiger partial charge in [-0.05, 0) is 41.9 Å². The molecule has 0 aliphatic carbocycles. The Morgan fingerprint density at radius 2 is 1.94 bits per heavy atom. The molecule has 0 bridgehead atoms. The number of hydrogen-bond donors (Lipinski definition) is 1. The van der Waals surface area contributed by atoms with Crippen molar-refractivity contribution in [2.45, 2.75) is 52.4 Å². The zero-order valence-corrected chi connectivity index (χ0v) is 12.3. The maximum Gasteiger partial charge on any atom is 0.264 e. The van der Waals surface area contributed by atoms with Crippen molar-refractivity contribution in [3.05, 3.63) is 25.4 Å². The molecule has 0 aliphatic rings. The van der Waals surface area contributed by atoms with Crippen molar-refractivity contribution in [2.24, 2.45) is 0 Å². The third-order valence-electron chi connectivity index (χ3n) is 2.81. The van der Waals surface area contributed by atoms with E-state index in [0.29, 0.717) is 5.92 Å². The maximum atomic E-state index is 11.8. The third kappa shape index (κ3) is 3.06. The van der Waals surface area contributed by atoms with Gasteiger partial charge in [0.15, 0.2) is 0 Å². The Bertz CT molecular complexity index is 396. The maximum absolute atomic E-state index is 11.8. The molecule has 1 aromatic heterocycles. The van der Waals surface area contributed by atoms with E-state index >= 15 is 0 Å². The van der Waals surface area contributed by atoms with Crippen molar-refractivity contribution in [3.8, 4) is 0 Å². The lowest BCUT2D eigenvalue weighted by atomic mass is 10.0. The van der Waals surface area contributed by atoms with E-state index in [1.165, 1.54) is 0 Å². The van der Waals surface area contributed by atoms with Crippen LogP contribution in [-0.2, 0) is 6.42 Å². The van der Waals surface area contributed by atoms with Gasteiger partial charge in [-0.2, -0.15) is 0 Å². The number of H-pyrrole nitrogens is 1. The molecule has 0 aliphatic heterocycles. The average Bonchev–Trinajstić information content (AvgIpc) is 2.27. The van der Waals surface area contributed by atoms with Gasteiger partial charge in [-0.15, -0.1) is 0 Å². The molecule has 4 heteroatoms. The lowest BCUT2D eigenvalue weighted by Gasteiger charge is -2.13. The summed E-state index contributed by atoms with van der Waals surface area (Å²) in [6.45, 7) is 6.37. The fourth-order valence-electron chi connectivity index (χ4n) is 1.80. The van der Waals surface area contributed by atoms with Gasteiger partial charge in [0.05, 0.1) is 9.26 Å². The van der Waals surface area contributed by atoms with Gasteiger partial charge in [0.2, 0.25) is 0 Å². The summed E-state index contributed by atoms with van der Waals surface area (Å²) in [5.41, 5.74) is 0.967. The van der Waals surface area contributed by atoms with Crippen LogP contribution < -0.4 is 5.56 Å². The highest BCUT2D eigenvalue weighted by Gasteiger charge is 2.13. The lowest BCUT2D eigenvalue weighted by molar-refractivity contribution is 0.592. The van der Waals surface area contributed by atoms with Gasteiger partial charge in [-0.25, -0.2) is 4.98 Å². The van der Waals surface area contributed by atoms with Crippen molar-refractivity contribution in [1.82, 2.24) is 9.97 Å². The van der Waals surface area contributed by atoms with Crippen LogP contribution in [0.1, 0.15) is 57.5 Å². The van der Waals surface area contributed by atoms with Crippen LogP contribution >= 0.6 is 22.6 Å². The SMILES string of the molecule is CCCc1nc(C(CC)CC)[nH]c(=O)c1I. The fraction of sp³-hybridized carbons (Fsp3) is 0.667. The molecular weight excluding hydrogens is 315 g/mol. The molecule has 0 amide bonds. The summed E-state index contributed by atoms with van der Waals surface area (Å²) in [6.07, 6.45) is 3.95. The number of nitrogens with one attached hydrogen (secondary N) is 1. The predicted molar refractivity (Wildman–Crippen MR) is 74.9 cm³/mol. The van der Waals surface area contributed by atoms with Crippen LogP contribution in [0.3, 0.4) is 0 Å². The first-order valence-electron chi connectivity index (χ1n) is 5.92. The first-order chi connectivity index (χ1) is 7.63. The molecule has 16 heavy (non-hydrogen) atoms. The number of halogens is 1. The lowest BCUT2D eigenvalue weighted by Crippen LogP contribution is -2.20. The Morgan fingerprint density at radius 1 is 1.31 bits per heavy atom. The first-order valence-corrected chi connectivity index (χ1v) is 7.00. The van der Waals surface area contributed by atoms with Crippen molar-refractivity contribution < 1.29 is 0 Å². The molecule has 3 nitrogen and oxygen atoms in total. The van der Waals surface area contributed by atoms with Gasteiger partial charge >= 0.3 is 0 Å². The van der Waals surface area contributed by atoms with E-state index in [0.717, 1.165) is 40.8 Å². The smallest absolute Gasteiger partial charge is 0.264 e. The quantitative estimate of drug-likeness (QED) is 0.841. The van der Waals surface area contributed by atoms with E-state index in [1.807, 2.05) is 0 Å². The highest BCUT2D eigenvalue weighted by atomic mass is 127. The number of aryl methyl sites for hydroxylation is 1. The molecular formula is C12H19IN2O. The van der Waals surface area contributed by atoms with E-state index < -0.39 is 0 Å². The van der Waals surface area contributed by atoms with Crippen LogP contribution in [0.25, 0.3) is 0 Å². The normalized spacial score (nSPS) is 11.1. The topological polar surface area (TPSA) is 45.8 Å². The zero-order valence-electron chi connectivity index (χ0n) is 10.1. The Morgan fingerprint density at radius 3 is 2.44 bits per heavy atom. The van der Waals surface area contributed by atoms with Gasteiger partial charge in [-0.1, -0.05) is 27.2 Å². The summed E-state index contributed by atoms with van der Waals surface area (Å²) in [6, 6.07) is 0. The number of aromatic amines is 1. The zero-order chi connectivity index (χ0) is 12.1. The molecule has 0 fully saturated rings. The summed E-state index contributed by atoms with van der Waals surface area (Å²) in [4.78, 5) is 19.3. The van der Waals surface area contributed by atoms with Crippen LogP contribution in [0.2, 0.25) is 0 Å². The van der Waals surface area contributed by atoms with Crippen LogP contribution in [-0.4, -0.2) is 9.97 Å². The summed E-state index contributed by atoms with van der Waals surface area (Å²) >= 11 is 2.09. The molecule has 90 valence electrons. The van der Waals surface area contributed by atoms with E-state index in [4.69, 9.17) is 0 Å². The second kappa shape index (κ2) is 6.37. The van der Waals surface area contributed by atoms with Crippen LogP contribution in [0, 0.1) is 3.57 Å². The minimum Gasteiger partial charge on any atom is -0.309 e. The standard InChI is InChI=1S/C12H19IN2O/c1-4-7-9-10(13)12(16)15-11(14-9)8(5-2)6-3/h8H,4-7H2,1-3H3,(H,14,15,16). The van der Waals surface area contributed by atoms with Gasteiger partial charge < -0.3 is 4.98 Å². The van der Waals surface area contributed by atoms with Crippen molar-refractivity contribution in [3.63, 3.8) is 0 Å². The third-order valence-corrected chi connectivity index (χ3v) is 3.92. The molecule has 0 unspecified atom stereocenters. The summed E-state index contributed by atoms with van der Waals surface area (Å²) in [5.74, 6) is 1.24. The summed E-state index contributed by atoms with van der Waals surface area (Å²) < 4.78 is 0.745. The second-order valence-electron chi connectivity index (χ2n) is 3.98. The molecule has 0 aromatic carbocycles. The Hall–Kier alpha value is -0.390. The van der Waals surface area contributed by atoms with Crippen molar-refractivity contribution in [2.75, 3.05) is 0 Å². The molecule has 0 saturated heterocycles. The first kappa shape index (κ1) is 13.7. The number of aromatic nitrogens is 2. The predicted octanol–water partition coefficient (Wildman–Crippen LogP) is 3.23.